The number of benzene rings is 1. The molecule has 2 atom stereocenters. The summed E-state index contributed by atoms with van der Waals surface area (Å²) >= 11 is 0. The lowest BCUT2D eigenvalue weighted by atomic mass is 10.1. The van der Waals surface area contributed by atoms with Crippen molar-refractivity contribution in [3.63, 3.8) is 0 Å². The number of hydrogen-bond donors (Lipinski definition) is 0. The van der Waals surface area contributed by atoms with Crippen LogP contribution in [0.3, 0.4) is 0 Å². The number of para-hydroxylation sites is 1. The zero-order valence-corrected chi connectivity index (χ0v) is 15.0. The average molecular weight is 344 g/mol. The minimum absolute atomic E-state index is 0.0815. The molecule has 1 amide bonds. The largest absolute Gasteiger partial charge is 0.464 e. The molecule has 0 N–H and O–H groups in total. The van der Waals surface area contributed by atoms with Crippen LogP contribution in [0.25, 0.3) is 0 Å². The van der Waals surface area contributed by atoms with Crippen molar-refractivity contribution in [3.8, 4) is 0 Å². The summed E-state index contributed by atoms with van der Waals surface area (Å²) in [6, 6.07) is 9.97. The van der Waals surface area contributed by atoms with Crippen LogP contribution in [-0.4, -0.2) is 49.1 Å². The molecule has 2 aliphatic heterocycles. The molecule has 0 aliphatic carbocycles. The predicted octanol–water partition coefficient (Wildman–Crippen LogP) is 2.85. The van der Waals surface area contributed by atoms with Crippen LogP contribution >= 0.6 is 0 Å². The Morgan fingerprint density at radius 1 is 1.16 bits per heavy atom. The average Bonchev–Trinajstić information content (AvgIpc) is 3.30. The van der Waals surface area contributed by atoms with Crippen molar-refractivity contribution in [2.24, 2.45) is 5.92 Å². The molecule has 5 nitrogen and oxygen atoms in total. The number of hydrogen-bond acceptors (Lipinski definition) is 4. The van der Waals surface area contributed by atoms with Gasteiger partial charge in [-0.25, -0.2) is 4.79 Å². The maximum atomic E-state index is 12.4. The van der Waals surface area contributed by atoms with Gasteiger partial charge in [-0.05, 0) is 37.8 Å². The molecule has 5 heteroatoms. The van der Waals surface area contributed by atoms with Gasteiger partial charge in [0.25, 0.3) is 0 Å². The molecule has 1 aromatic rings. The molecule has 2 heterocycles. The van der Waals surface area contributed by atoms with Crippen LogP contribution in [0.1, 0.15) is 39.0 Å². The zero-order chi connectivity index (χ0) is 17.6. The first kappa shape index (κ1) is 17.8. The summed E-state index contributed by atoms with van der Waals surface area (Å²) in [4.78, 5) is 28.6. The number of carbonyl (C=O) groups is 2. The molecule has 0 saturated carbocycles. The number of likely N-dealkylation sites (tertiary alicyclic amines) is 1. The summed E-state index contributed by atoms with van der Waals surface area (Å²) in [6.45, 7) is 5.04. The van der Waals surface area contributed by atoms with E-state index in [1.54, 1.807) is 4.90 Å². The van der Waals surface area contributed by atoms with Gasteiger partial charge in [0.15, 0.2) is 0 Å². The maximum Gasteiger partial charge on any atom is 0.328 e. The van der Waals surface area contributed by atoms with Crippen LogP contribution in [0, 0.1) is 5.92 Å². The Morgan fingerprint density at radius 2 is 1.96 bits per heavy atom. The lowest BCUT2D eigenvalue weighted by molar-refractivity contribution is -0.154. The van der Waals surface area contributed by atoms with Crippen LogP contribution < -0.4 is 4.90 Å². The number of ether oxygens (including phenoxy) is 1. The van der Waals surface area contributed by atoms with Gasteiger partial charge in [0, 0.05) is 37.7 Å². The highest BCUT2D eigenvalue weighted by Gasteiger charge is 2.35. The molecule has 0 unspecified atom stereocenters. The van der Waals surface area contributed by atoms with Gasteiger partial charge in [-0.3, -0.25) is 4.79 Å². The zero-order valence-electron chi connectivity index (χ0n) is 15.0. The fourth-order valence-corrected chi connectivity index (χ4v) is 3.81. The molecule has 136 valence electrons. The van der Waals surface area contributed by atoms with Crippen molar-refractivity contribution in [2.75, 3.05) is 31.1 Å². The Kier molecular flexibility index (Phi) is 5.95. The number of esters is 1. The van der Waals surface area contributed by atoms with Gasteiger partial charge in [-0.15, -0.1) is 0 Å². The van der Waals surface area contributed by atoms with Crippen LogP contribution in [-0.2, 0) is 14.3 Å². The van der Waals surface area contributed by atoms with Gasteiger partial charge in [-0.1, -0.05) is 25.1 Å². The Hall–Kier alpha value is -2.04. The van der Waals surface area contributed by atoms with Crippen molar-refractivity contribution >= 4 is 17.6 Å². The summed E-state index contributed by atoms with van der Waals surface area (Å²) < 4.78 is 5.59. The topological polar surface area (TPSA) is 49.9 Å². The molecule has 2 fully saturated rings. The van der Waals surface area contributed by atoms with E-state index >= 15 is 0 Å². The van der Waals surface area contributed by atoms with Gasteiger partial charge in [0.2, 0.25) is 5.91 Å². The second-order valence-corrected chi connectivity index (χ2v) is 7.06. The highest BCUT2D eigenvalue weighted by atomic mass is 16.5. The first-order valence-electron chi connectivity index (χ1n) is 9.45. The third kappa shape index (κ3) is 4.33. The molecule has 2 aliphatic rings. The molecule has 2 saturated heterocycles. The van der Waals surface area contributed by atoms with E-state index in [4.69, 9.17) is 4.74 Å². The predicted molar refractivity (Wildman–Crippen MR) is 97.4 cm³/mol. The van der Waals surface area contributed by atoms with Gasteiger partial charge < -0.3 is 14.5 Å². The van der Waals surface area contributed by atoms with E-state index in [-0.39, 0.29) is 17.9 Å². The number of anilines is 1. The van der Waals surface area contributed by atoms with E-state index in [2.05, 4.69) is 17.0 Å². The highest BCUT2D eigenvalue weighted by molar-refractivity contribution is 5.85. The Balaban J connectivity index is 1.47. The van der Waals surface area contributed by atoms with Crippen molar-refractivity contribution < 1.29 is 14.3 Å². The third-order valence-corrected chi connectivity index (χ3v) is 5.18. The second-order valence-electron chi connectivity index (χ2n) is 7.06. The van der Waals surface area contributed by atoms with Crippen LogP contribution in [0.4, 0.5) is 5.69 Å². The SMILES string of the molecule is CCCC(=O)N1CCC[C@@H]1C(=O)OC[C@@H]1CCN(c2ccccc2)C1. The third-order valence-electron chi connectivity index (χ3n) is 5.18. The molecule has 25 heavy (non-hydrogen) atoms. The summed E-state index contributed by atoms with van der Waals surface area (Å²) in [5, 5.41) is 0. The minimum atomic E-state index is -0.370. The minimum Gasteiger partial charge on any atom is -0.464 e. The molecule has 0 bridgehead atoms. The number of nitrogens with zero attached hydrogens (tertiary/aromatic N) is 2. The van der Waals surface area contributed by atoms with Gasteiger partial charge in [0.1, 0.15) is 6.04 Å². The van der Waals surface area contributed by atoms with Crippen molar-refractivity contribution in [2.45, 2.75) is 45.1 Å². The number of amides is 1. The van der Waals surface area contributed by atoms with Crippen LogP contribution in [0.5, 0.6) is 0 Å². The van der Waals surface area contributed by atoms with E-state index < -0.39 is 0 Å². The lowest BCUT2D eigenvalue weighted by Gasteiger charge is -2.24. The molecule has 0 aromatic heterocycles. The summed E-state index contributed by atoms with van der Waals surface area (Å²) in [7, 11) is 0. The van der Waals surface area contributed by atoms with Gasteiger partial charge in [-0.2, -0.15) is 0 Å². The van der Waals surface area contributed by atoms with Gasteiger partial charge in [0.05, 0.1) is 6.61 Å². The van der Waals surface area contributed by atoms with E-state index in [1.165, 1.54) is 5.69 Å². The van der Waals surface area contributed by atoms with E-state index in [9.17, 15) is 9.59 Å². The smallest absolute Gasteiger partial charge is 0.328 e. The highest BCUT2D eigenvalue weighted by Crippen LogP contribution is 2.25. The second kappa shape index (κ2) is 8.37. The van der Waals surface area contributed by atoms with E-state index in [0.29, 0.717) is 25.5 Å². The van der Waals surface area contributed by atoms with Gasteiger partial charge >= 0.3 is 5.97 Å². The first-order valence-corrected chi connectivity index (χ1v) is 9.45. The van der Waals surface area contributed by atoms with E-state index in [0.717, 1.165) is 38.8 Å². The quantitative estimate of drug-likeness (QED) is 0.745. The normalized spacial score (nSPS) is 23.1. The molecule has 0 spiro atoms. The van der Waals surface area contributed by atoms with Crippen LogP contribution in [0.15, 0.2) is 30.3 Å². The lowest BCUT2D eigenvalue weighted by Crippen LogP contribution is -2.41. The van der Waals surface area contributed by atoms with E-state index in [1.807, 2.05) is 25.1 Å². The molecule has 3 rings (SSSR count). The standard InChI is InChI=1S/C20H28N2O3/c1-2-7-19(23)22-12-6-10-18(22)20(24)25-15-16-11-13-21(14-16)17-8-4-3-5-9-17/h3-5,8-9,16,18H,2,6-7,10-15H2,1H3/t16-,18-/m1/s1. The summed E-state index contributed by atoms with van der Waals surface area (Å²) in [5.41, 5.74) is 1.23. The fourth-order valence-electron chi connectivity index (χ4n) is 3.81. The molecular weight excluding hydrogens is 316 g/mol. The Bertz CT molecular complexity index is 590. The van der Waals surface area contributed by atoms with Crippen molar-refractivity contribution in [3.05, 3.63) is 30.3 Å². The Labute approximate surface area is 149 Å². The molecule has 1 aromatic carbocycles. The van der Waals surface area contributed by atoms with Crippen molar-refractivity contribution in [1.82, 2.24) is 4.90 Å². The number of carbonyl (C=O) groups excluding carboxylic acids is 2. The van der Waals surface area contributed by atoms with Crippen LogP contribution in [0.2, 0.25) is 0 Å². The molecule has 0 radical (unpaired) electrons. The summed E-state index contributed by atoms with van der Waals surface area (Å²) in [6.07, 6.45) is 3.98. The molecular formula is C20H28N2O3. The first-order chi connectivity index (χ1) is 12.2. The monoisotopic (exact) mass is 344 g/mol. The Morgan fingerprint density at radius 3 is 2.72 bits per heavy atom. The van der Waals surface area contributed by atoms with Crippen molar-refractivity contribution in [1.29, 1.82) is 0 Å². The maximum absolute atomic E-state index is 12.4. The fraction of sp³-hybridized carbons (Fsp3) is 0.600. The summed E-state index contributed by atoms with van der Waals surface area (Å²) in [5.74, 6) is 0.225. The number of rotatable bonds is 6.